The molecule has 0 spiro atoms. The summed E-state index contributed by atoms with van der Waals surface area (Å²) in [4.78, 5) is 23.5. The van der Waals surface area contributed by atoms with Gasteiger partial charge in [0.2, 0.25) is 0 Å². The molecule has 0 aliphatic heterocycles. The molecule has 0 aliphatic carbocycles. The molecule has 0 atom stereocenters. The minimum Gasteiger partial charge on any atom is -0.468 e. The third-order valence-corrected chi connectivity index (χ3v) is 4.21. The van der Waals surface area contributed by atoms with Crippen molar-refractivity contribution in [2.75, 3.05) is 12.9 Å². The fourth-order valence-corrected chi connectivity index (χ4v) is 2.89. The summed E-state index contributed by atoms with van der Waals surface area (Å²) in [6, 6.07) is 3.27. The fraction of sp³-hybridized carbons (Fsp3) is 0.375. The van der Waals surface area contributed by atoms with Crippen LogP contribution >= 0.6 is 35.0 Å². The van der Waals surface area contributed by atoms with Crippen molar-refractivity contribution >= 4 is 53.0 Å². The van der Waals surface area contributed by atoms with Crippen LogP contribution in [0.3, 0.4) is 0 Å². The van der Waals surface area contributed by atoms with Crippen LogP contribution in [0, 0.1) is 0 Å². The standard InChI is InChI=1S/C16H18Cl2O4S/c1-16(2,3)22-14(19)6-5-10-7-12(18)13(8-11(10)17)23-9-15(20)21-4/h5-8H,9H2,1-4H3/b6-5+. The highest BCUT2D eigenvalue weighted by Crippen LogP contribution is 2.33. The van der Waals surface area contributed by atoms with E-state index in [1.54, 1.807) is 32.9 Å². The predicted octanol–water partition coefficient (Wildman–Crippen LogP) is 4.61. The van der Waals surface area contributed by atoms with Gasteiger partial charge in [-0.2, -0.15) is 0 Å². The number of ether oxygens (including phenoxy) is 2. The lowest BCUT2D eigenvalue weighted by molar-refractivity contribution is -0.148. The molecule has 0 heterocycles. The highest BCUT2D eigenvalue weighted by molar-refractivity contribution is 8.00. The van der Waals surface area contributed by atoms with Gasteiger partial charge in [0, 0.05) is 16.0 Å². The summed E-state index contributed by atoms with van der Waals surface area (Å²) in [5.41, 5.74) is 0.0296. The van der Waals surface area contributed by atoms with Crippen LogP contribution in [-0.2, 0) is 19.1 Å². The van der Waals surface area contributed by atoms with E-state index in [-0.39, 0.29) is 11.7 Å². The smallest absolute Gasteiger partial charge is 0.331 e. The van der Waals surface area contributed by atoms with Gasteiger partial charge >= 0.3 is 11.9 Å². The lowest BCUT2D eigenvalue weighted by Crippen LogP contribution is -2.22. The molecule has 23 heavy (non-hydrogen) atoms. The van der Waals surface area contributed by atoms with Gasteiger partial charge in [-0.3, -0.25) is 4.79 Å². The van der Waals surface area contributed by atoms with Crippen LogP contribution in [0.25, 0.3) is 6.08 Å². The van der Waals surface area contributed by atoms with Crippen LogP contribution in [0.4, 0.5) is 0 Å². The number of carbonyl (C=O) groups is 2. The summed E-state index contributed by atoms with van der Waals surface area (Å²) in [6.45, 7) is 5.36. The van der Waals surface area contributed by atoms with Gasteiger partial charge in [-0.1, -0.05) is 23.2 Å². The summed E-state index contributed by atoms with van der Waals surface area (Å²) in [5, 5.41) is 0.855. The first-order chi connectivity index (χ1) is 10.6. The topological polar surface area (TPSA) is 52.6 Å². The Bertz CT molecular complexity index is 621. The first kappa shape index (κ1) is 19.9. The maximum atomic E-state index is 11.7. The molecular weight excluding hydrogens is 359 g/mol. The second-order valence-electron chi connectivity index (χ2n) is 5.54. The third-order valence-electron chi connectivity index (χ3n) is 2.43. The summed E-state index contributed by atoms with van der Waals surface area (Å²) in [5.74, 6) is -0.676. The molecule has 0 bridgehead atoms. The van der Waals surface area contributed by atoms with E-state index < -0.39 is 11.6 Å². The van der Waals surface area contributed by atoms with E-state index in [1.807, 2.05) is 0 Å². The van der Waals surface area contributed by atoms with Crippen LogP contribution in [0.5, 0.6) is 0 Å². The van der Waals surface area contributed by atoms with Crippen molar-refractivity contribution in [2.45, 2.75) is 31.3 Å². The van der Waals surface area contributed by atoms with Crippen LogP contribution in [0.1, 0.15) is 26.3 Å². The zero-order chi connectivity index (χ0) is 17.6. The molecule has 1 rings (SSSR count). The normalized spacial score (nSPS) is 11.6. The number of hydrogen-bond acceptors (Lipinski definition) is 5. The van der Waals surface area contributed by atoms with Gasteiger partial charge in [-0.25, -0.2) is 4.79 Å². The zero-order valence-electron chi connectivity index (χ0n) is 13.3. The van der Waals surface area contributed by atoms with Gasteiger partial charge in [-0.05, 0) is 44.5 Å². The van der Waals surface area contributed by atoms with Crippen molar-refractivity contribution in [2.24, 2.45) is 0 Å². The SMILES string of the molecule is COC(=O)CSc1cc(Cl)c(/C=C/C(=O)OC(C)(C)C)cc1Cl. The zero-order valence-corrected chi connectivity index (χ0v) is 15.6. The molecule has 1 aromatic rings. The Hall–Kier alpha value is -1.17. The molecule has 4 nitrogen and oxygen atoms in total. The number of benzene rings is 1. The molecule has 0 unspecified atom stereocenters. The Morgan fingerprint density at radius 3 is 2.43 bits per heavy atom. The lowest BCUT2D eigenvalue weighted by atomic mass is 10.2. The van der Waals surface area contributed by atoms with E-state index in [9.17, 15) is 9.59 Å². The first-order valence-corrected chi connectivity index (χ1v) is 8.46. The summed E-state index contributed by atoms with van der Waals surface area (Å²) < 4.78 is 9.75. The summed E-state index contributed by atoms with van der Waals surface area (Å²) in [6.07, 6.45) is 2.83. The van der Waals surface area contributed by atoms with Crippen LogP contribution in [-0.4, -0.2) is 30.4 Å². The Kier molecular flexibility index (Phi) is 7.45. The van der Waals surface area contributed by atoms with Crippen molar-refractivity contribution < 1.29 is 19.1 Å². The largest absolute Gasteiger partial charge is 0.468 e. The van der Waals surface area contributed by atoms with Gasteiger partial charge in [0.15, 0.2) is 0 Å². The number of thioether (sulfide) groups is 1. The van der Waals surface area contributed by atoms with Crippen molar-refractivity contribution in [1.29, 1.82) is 0 Å². The molecule has 0 aliphatic rings. The molecule has 0 radical (unpaired) electrons. The van der Waals surface area contributed by atoms with E-state index in [4.69, 9.17) is 27.9 Å². The highest BCUT2D eigenvalue weighted by atomic mass is 35.5. The average molecular weight is 377 g/mol. The minimum atomic E-state index is -0.558. The van der Waals surface area contributed by atoms with Crippen LogP contribution in [0.15, 0.2) is 23.1 Å². The molecule has 0 N–H and O–H groups in total. The second-order valence-corrected chi connectivity index (χ2v) is 7.37. The monoisotopic (exact) mass is 376 g/mol. The maximum absolute atomic E-state index is 11.7. The van der Waals surface area contributed by atoms with Crippen LogP contribution in [0.2, 0.25) is 10.0 Å². The van der Waals surface area contributed by atoms with Gasteiger partial charge in [0.25, 0.3) is 0 Å². The molecule has 126 valence electrons. The second kappa shape index (κ2) is 8.62. The molecule has 0 aromatic heterocycles. The maximum Gasteiger partial charge on any atom is 0.331 e. The number of carbonyl (C=O) groups excluding carboxylic acids is 2. The van der Waals surface area contributed by atoms with E-state index in [0.717, 1.165) is 0 Å². The molecule has 0 saturated carbocycles. The van der Waals surface area contributed by atoms with E-state index in [0.29, 0.717) is 20.5 Å². The van der Waals surface area contributed by atoms with Crippen molar-refractivity contribution in [3.8, 4) is 0 Å². The number of methoxy groups -OCH3 is 1. The van der Waals surface area contributed by atoms with Gasteiger partial charge < -0.3 is 9.47 Å². The Balaban J connectivity index is 2.84. The van der Waals surface area contributed by atoms with Crippen LogP contribution < -0.4 is 0 Å². The van der Waals surface area contributed by atoms with E-state index in [2.05, 4.69) is 4.74 Å². The fourth-order valence-electron chi connectivity index (χ4n) is 1.47. The number of rotatable bonds is 5. The van der Waals surface area contributed by atoms with E-state index >= 15 is 0 Å². The van der Waals surface area contributed by atoms with Crippen molar-refractivity contribution in [1.82, 2.24) is 0 Å². The highest BCUT2D eigenvalue weighted by Gasteiger charge is 2.14. The molecule has 0 fully saturated rings. The third kappa shape index (κ3) is 7.29. The van der Waals surface area contributed by atoms with Gasteiger partial charge in [0.05, 0.1) is 17.9 Å². The molecule has 1 aromatic carbocycles. The van der Waals surface area contributed by atoms with Crippen molar-refractivity contribution in [3.63, 3.8) is 0 Å². The number of hydrogen-bond donors (Lipinski definition) is 0. The molecule has 0 amide bonds. The molecular formula is C16H18Cl2O4S. The molecule has 7 heteroatoms. The average Bonchev–Trinajstić information content (AvgIpc) is 2.44. The summed E-state index contributed by atoms with van der Waals surface area (Å²) >= 11 is 13.6. The number of esters is 2. The Morgan fingerprint density at radius 2 is 1.87 bits per heavy atom. The molecule has 0 saturated heterocycles. The predicted molar refractivity (Wildman–Crippen MR) is 94.1 cm³/mol. The lowest BCUT2D eigenvalue weighted by Gasteiger charge is -2.17. The van der Waals surface area contributed by atoms with Gasteiger partial charge in [-0.15, -0.1) is 11.8 Å². The number of halogens is 2. The van der Waals surface area contributed by atoms with E-state index in [1.165, 1.54) is 31.0 Å². The Labute approximate surface area is 150 Å². The first-order valence-electron chi connectivity index (χ1n) is 6.72. The minimum absolute atomic E-state index is 0.139. The van der Waals surface area contributed by atoms with Gasteiger partial charge in [0.1, 0.15) is 5.60 Å². The van der Waals surface area contributed by atoms with Crippen molar-refractivity contribution in [3.05, 3.63) is 33.8 Å². The quantitative estimate of drug-likeness (QED) is 0.426. The summed E-state index contributed by atoms with van der Waals surface area (Å²) in [7, 11) is 1.32. The Morgan fingerprint density at radius 1 is 1.22 bits per heavy atom.